The smallest absolute Gasteiger partial charge is 0.338 e. The van der Waals surface area contributed by atoms with E-state index in [1.807, 2.05) is 42.5 Å². The summed E-state index contributed by atoms with van der Waals surface area (Å²) >= 11 is 6.05. The summed E-state index contributed by atoms with van der Waals surface area (Å²) in [6.45, 7) is 1.83. The molecule has 4 unspecified atom stereocenters. The van der Waals surface area contributed by atoms with Crippen molar-refractivity contribution >= 4 is 29.4 Å². The normalized spacial score (nSPS) is 17.6. The molecule has 0 radical (unpaired) electrons. The summed E-state index contributed by atoms with van der Waals surface area (Å²) in [5.74, 6) is 0.643. The number of nitrogens with one attached hydrogen (secondary N) is 2. The number of aliphatic carboxylic acids is 1. The number of carboxylic acids is 1. The Labute approximate surface area is 302 Å². The molecule has 3 heterocycles. The van der Waals surface area contributed by atoms with Gasteiger partial charge in [0.05, 0.1) is 11.7 Å². The summed E-state index contributed by atoms with van der Waals surface area (Å²) in [6, 6.07) is 21.9. The van der Waals surface area contributed by atoms with Crippen LogP contribution in [-0.4, -0.2) is 65.5 Å². The molecule has 2 aliphatic rings. The molecule has 0 spiro atoms. The maximum absolute atomic E-state index is 13.5. The van der Waals surface area contributed by atoms with E-state index in [4.69, 9.17) is 36.7 Å². The number of carbonyl (C=O) groups is 2. The predicted octanol–water partition coefficient (Wildman–Crippen LogP) is 5.23. The Morgan fingerprint density at radius 3 is 2.29 bits per heavy atom. The number of nitrogens with two attached hydrogens (primary N) is 1. The minimum atomic E-state index is -0.811. The molecule has 0 saturated carbocycles. The Morgan fingerprint density at radius 2 is 1.61 bits per heavy atom. The van der Waals surface area contributed by atoms with Crippen molar-refractivity contribution in [2.75, 3.05) is 31.9 Å². The van der Waals surface area contributed by atoms with Gasteiger partial charge in [-0.1, -0.05) is 41.9 Å². The number of rotatable bonds is 15. The van der Waals surface area contributed by atoms with Crippen molar-refractivity contribution < 1.29 is 34.0 Å². The fourth-order valence-electron chi connectivity index (χ4n) is 6.38. The molecule has 6 rings (SSSR count). The van der Waals surface area contributed by atoms with Crippen LogP contribution < -0.4 is 25.8 Å². The molecule has 6 N–H and O–H groups in total. The number of hydrogen-bond donors (Lipinski definition) is 5. The third kappa shape index (κ3) is 9.98. The Balaban J connectivity index is 1.01. The van der Waals surface area contributed by atoms with Gasteiger partial charge >= 0.3 is 11.9 Å². The number of halogens is 1. The molecule has 4 atom stereocenters. The van der Waals surface area contributed by atoms with E-state index in [1.165, 1.54) is 0 Å². The Bertz CT molecular complexity index is 1820. The Kier molecular flexibility index (Phi) is 12.1. The van der Waals surface area contributed by atoms with Crippen LogP contribution in [0.15, 0.2) is 79.0 Å². The molecule has 0 aliphatic carbocycles. The molecule has 0 bridgehead atoms. The summed E-state index contributed by atoms with van der Waals surface area (Å²) in [6.07, 6.45) is 3.89. The zero-order valence-corrected chi connectivity index (χ0v) is 29.0. The number of hydrogen-bond acceptors (Lipinski definition) is 10. The molecule has 0 amide bonds. The van der Waals surface area contributed by atoms with Gasteiger partial charge in [-0.25, -0.2) is 9.78 Å². The minimum Gasteiger partial charge on any atom is -0.489 e. The van der Waals surface area contributed by atoms with Gasteiger partial charge in [0.25, 0.3) is 0 Å². The van der Waals surface area contributed by atoms with Crippen molar-refractivity contribution in [3.05, 3.63) is 117 Å². The van der Waals surface area contributed by atoms with Gasteiger partial charge in [0, 0.05) is 49.4 Å². The van der Waals surface area contributed by atoms with Gasteiger partial charge in [0.15, 0.2) is 0 Å². The minimum absolute atomic E-state index is 0.0711. The summed E-state index contributed by atoms with van der Waals surface area (Å²) in [5, 5.41) is 26.8. The SMILES string of the molecule is Nc1ccc(C(CNCC2CCc3cc(CCC(=O)O)ccc3O2)OC(=O)c2ccc3c(c2)CCC(CNCC(O)c2cccc(Cl)c2)O3)cn1. The fraction of sp³-hybridized carbons (Fsp3) is 0.359. The quantitative estimate of drug-likeness (QED) is 0.102. The highest BCUT2D eigenvalue weighted by molar-refractivity contribution is 6.30. The Hall–Kier alpha value is -4.68. The van der Waals surface area contributed by atoms with E-state index >= 15 is 0 Å². The first-order valence-corrected chi connectivity index (χ1v) is 17.6. The fourth-order valence-corrected chi connectivity index (χ4v) is 6.58. The lowest BCUT2D eigenvalue weighted by Gasteiger charge is -2.28. The molecule has 0 fully saturated rings. The van der Waals surface area contributed by atoms with Crippen molar-refractivity contribution in [1.29, 1.82) is 0 Å². The highest BCUT2D eigenvalue weighted by atomic mass is 35.5. The van der Waals surface area contributed by atoms with Gasteiger partial charge in [0.1, 0.15) is 35.6 Å². The van der Waals surface area contributed by atoms with Crippen molar-refractivity contribution in [3.8, 4) is 11.5 Å². The number of aromatic nitrogens is 1. The lowest BCUT2D eigenvalue weighted by Crippen LogP contribution is -2.37. The lowest BCUT2D eigenvalue weighted by atomic mass is 9.98. The van der Waals surface area contributed by atoms with Crippen LogP contribution in [-0.2, 0) is 28.8 Å². The first-order valence-electron chi connectivity index (χ1n) is 17.3. The predicted molar refractivity (Wildman–Crippen MR) is 193 cm³/mol. The second-order valence-electron chi connectivity index (χ2n) is 13.0. The first-order chi connectivity index (χ1) is 24.7. The zero-order chi connectivity index (χ0) is 35.7. The monoisotopic (exact) mass is 714 g/mol. The van der Waals surface area contributed by atoms with Crippen molar-refractivity contribution in [2.24, 2.45) is 0 Å². The molecular formula is C39H43ClN4O7. The highest BCUT2D eigenvalue weighted by Gasteiger charge is 2.25. The highest BCUT2D eigenvalue weighted by Crippen LogP contribution is 2.31. The number of fused-ring (bicyclic) bond motifs is 2. The number of aliphatic hydroxyl groups is 1. The van der Waals surface area contributed by atoms with Crippen LogP contribution in [0.5, 0.6) is 11.5 Å². The van der Waals surface area contributed by atoms with Crippen molar-refractivity contribution in [2.45, 2.75) is 62.9 Å². The van der Waals surface area contributed by atoms with Gasteiger partial charge in [-0.3, -0.25) is 4.79 Å². The number of carbonyl (C=O) groups excluding carboxylic acids is 1. The van der Waals surface area contributed by atoms with Gasteiger partial charge in [0.2, 0.25) is 0 Å². The van der Waals surface area contributed by atoms with E-state index in [0.717, 1.165) is 59.4 Å². The number of anilines is 1. The van der Waals surface area contributed by atoms with Crippen LogP contribution in [0.25, 0.3) is 0 Å². The second kappa shape index (κ2) is 17.0. The average Bonchev–Trinajstić information content (AvgIpc) is 3.13. The van der Waals surface area contributed by atoms with Crippen LogP contribution >= 0.6 is 11.6 Å². The standard InChI is InChI=1S/C39H43ClN4O7/c40-30-3-1-2-25(18-30)33(45)22-42-20-31-11-7-27-17-28(8-13-35(27)50-31)39(48)51-36(29-9-14-37(41)44-19-29)23-43-21-32-10-6-26-16-24(5-15-38(46)47)4-12-34(26)49-32/h1-4,8-9,12-14,16-19,31-33,36,42-43,45H,5-7,10-11,15,20-23H2,(H2,41,44)(H,46,47). The number of esters is 1. The molecule has 1 aromatic heterocycles. The molecule has 11 nitrogen and oxygen atoms in total. The average molecular weight is 715 g/mol. The number of nitrogen functional groups attached to an aromatic ring is 1. The van der Waals surface area contributed by atoms with Crippen LogP contribution in [0.3, 0.4) is 0 Å². The molecule has 268 valence electrons. The van der Waals surface area contributed by atoms with E-state index in [2.05, 4.69) is 15.6 Å². The molecule has 0 saturated heterocycles. The summed E-state index contributed by atoms with van der Waals surface area (Å²) in [5.41, 5.74) is 10.7. The molecule has 51 heavy (non-hydrogen) atoms. The van der Waals surface area contributed by atoms with Gasteiger partial charge < -0.3 is 40.8 Å². The number of nitrogens with zero attached hydrogens (tertiary/aromatic N) is 1. The zero-order valence-electron chi connectivity index (χ0n) is 28.2. The number of ether oxygens (including phenoxy) is 3. The number of benzene rings is 3. The van der Waals surface area contributed by atoms with E-state index in [9.17, 15) is 14.7 Å². The maximum Gasteiger partial charge on any atom is 0.338 e. The maximum atomic E-state index is 13.5. The van der Waals surface area contributed by atoms with E-state index < -0.39 is 24.1 Å². The largest absolute Gasteiger partial charge is 0.489 e. The van der Waals surface area contributed by atoms with Gasteiger partial charge in [-0.05, 0) is 96.8 Å². The first kappa shape index (κ1) is 36.1. The Morgan fingerprint density at radius 1 is 0.902 bits per heavy atom. The number of pyridine rings is 1. The van der Waals surface area contributed by atoms with Crippen LogP contribution in [0.2, 0.25) is 5.02 Å². The van der Waals surface area contributed by atoms with Gasteiger partial charge in [-0.2, -0.15) is 0 Å². The van der Waals surface area contributed by atoms with Crippen molar-refractivity contribution in [1.82, 2.24) is 15.6 Å². The van der Waals surface area contributed by atoms with Crippen LogP contribution in [0, 0.1) is 0 Å². The molecule has 2 aliphatic heterocycles. The third-order valence-electron chi connectivity index (χ3n) is 9.18. The summed E-state index contributed by atoms with van der Waals surface area (Å²) in [7, 11) is 0. The number of aliphatic hydroxyl groups excluding tert-OH is 1. The molecular weight excluding hydrogens is 672 g/mol. The second-order valence-corrected chi connectivity index (χ2v) is 13.4. The van der Waals surface area contributed by atoms with Crippen LogP contribution in [0.4, 0.5) is 5.82 Å². The van der Waals surface area contributed by atoms with Crippen LogP contribution in [0.1, 0.15) is 69.6 Å². The lowest BCUT2D eigenvalue weighted by molar-refractivity contribution is -0.136. The number of aryl methyl sites for hydroxylation is 3. The van der Waals surface area contributed by atoms with E-state index in [1.54, 1.807) is 36.5 Å². The number of carboxylic acid groups (broad SMARTS) is 1. The van der Waals surface area contributed by atoms with E-state index in [-0.39, 0.29) is 18.6 Å². The topological polar surface area (TPSA) is 165 Å². The molecule has 3 aromatic carbocycles. The summed E-state index contributed by atoms with van der Waals surface area (Å²) in [4.78, 5) is 28.6. The van der Waals surface area contributed by atoms with Crippen molar-refractivity contribution in [3.63, 3.8) is 0 Å². The molecule has 4 aromatic rings. The third-order valence-corrected chi connectivity index (χ3v) is 9.42. The van der Waals surface area contributed by atoms with E-state index in [0.29, 0.717) is 54.6 Å². The van der Waals surface area contributed by atoms with Gasteiger partial charge in [-0.15, -0.1) is 0 Å². The molecule has 12 heteroatoms. The summed E-state index contributed by atoms with van der Waals surface area (Å²) < 4.78 is 18.5.